The van der Waals surface area contributed by atoms with Gasteiger partial charge in [0, 0.05) is 12.6 Å². The van der Waals surface area contributed by atoms with Gasteiger partial charge >= 0.3 is 0 Å². The first kappa shape index (κ1) is 14.0. The average molecular weight is 278 g/mol. The minimum atomic E-state index is -0.205. The van der Waals surface area contributed by atoms with Crippen LogP contribution in [0.5, 0.6) is 0 Å². The fourth-order valence-corrected chi connectivity index (χ4v) is 3.89. The zero-order chi connectivity index (χ0) is 14.0. The lowest BCUT2D eigenvalue weighted by atomic mass is 9.79. The topological polar surface area (TPSA) is 47.3 Å². The van der Waals surface area contributed by atoms with Crippen LogP contribution in [0, 0.1) is 11.7 Å². The standard InChI is InChI=1S/C16H23FN2O/c17-14-5-3-12(4-6-14)15(19-18)13-7-10-20-16(11-13)8-1-2-9-16/h3-6,13,15,19H,1-2,7-11,18H2. The van der Waals surface area contributed by atoms with Crippen molar-refractivity contribution in [2.24, 2.45) is 11.8 Å². The minimum absolute atomic E-state index is 0.0805. The summed E-state index contributed by atoms with van der Waals surface area (Å²) in [4.78, 5) is 0. The van der Waals surface area contributed by atoms with Crippen molar-refractivity contribution in [2.75, 3.05) is 6.61 Å². The van der Waals surface area contributed by atoms with Crippen LogP contribution in [0.4, 0.5) is 4.39 Å². The maximum Gasteiger partial charge on any atom is 0.123 e. The first-order valence-electron chi connectivity index (χ1n) is 7.58. The van der Waals surface area contributed by atoms with Gasteiger partial charge in [-0.05, 0) is 49.3 Å². The fraction of sp³-hybridized carbons (Fsp3) is 0.625. The molecule has 3 rings (SSSR count). The Balaban J connectivity index is 1.76. The molecule has 4 heteroatoms. The van der Waals surface area contributed by atoms with Crippen LogP contribution in [0.3, 0.4) is 0 Å². The Morgan fingerprint density at radius 2 is 1.95 bits per heavy atom. The molecule has 1 aliphatic heterocycles. The summed E-state index contributed by atoms with van der Waals surface area (Å²) >= 11 is 0. The second-order valence-electron chi connectivity index (χ2n) is 6.19. The van der Waals surface area contributed by atoms with Gasteiger partial charge in [-0.3, -0.25) is 11.3 Å². The summed E-state index contributed by atoms with van der Waals surface area (Å²) in [6.45, 7) is 0.810. The van der Waals surface area contributed by atoms with E-state index in [0.717, 1.165) is 25.0 Å². The predicted molar refractivity (Wildman–Crippen MR) is 76.3 cm³/mol. The van der Waals surface area contributed by atoms with Gasteiger partial charge in [0.05, 0.1) is 5.60 Å². The molecule has 0 aromatic heterocycles. The molecule has 0 radical (unpaired) electrons. The zero-order valence-electron chi connectivity index (χ0n) is 11.8. The van der Waals surface area contributed by atoms with Crippen molar-refractivity contribution in [3.05, 3.63) is 35.6 Å². The van der Waals surface area contributed by atoms with Gasteiger partial charge in [0.25, 0.3) is 0 Å². The molecule has 3 N–H and O–H groups in total. The molecular formula is C16H23FN2O. The number of ether oxygens (including phenoxy) is 1. The van der Waals surface area contributed by atoms with E-state index in [-0.39, 0.29) is 17.5 Å². The molecule has 1 heterocycles. The van der Waals surface area contributed by atoms with E-state index in [4.69, 9.17) is 10.6 Å². The molecule has 1 aromatic rings. The maximum absolute atomic E-state index is 13.1. The Kier molecular flexibility index (Phi) is 4.06. The number of nitrogens with two attached hydrogens (primary N) is 1. The van der Waals surface area contributed by atoms with Gasteiger partial charge in [-0.2, -0.15) is 0 Å². The second kappa shape index (κ2) is 5.80. The van der Waals surface area contributed by atoms with E-state index in [9.17, 15) is 4.39 Å². The van der Waals surface area contributed by atoms with Crippen LogP contribution in [0.25, 0.3) is 0 Å². The monoisotopic (exact) mass is 278 g/mol. The third-order valence-corrected chi connectivity index (χ3v) is 4.93. The van der Waals surface area contributed by atoms with E-state index in [1.54, 1.807) is 0 Å². The van der Waals surface area contributed by atoms with Crippen molar-refractivity contribution < 1.29 is 9.13 Å². The lowest BCUT2D eigenvalue weighted by molar-refractivity contribution is -0.0982. The molecule has 0 bridgehead atoms. The number of hydrogen-bond donors (Lipinski definition) is 2. The van der Waals surface area contributed by atoms with Crippen molar-refractivity contribution in [3.63, 3.8) is 0 Å². The van der Waals surface area contributed by atoms with Gasteiger partial charge in [0.1, 0.15) is 5.82 Å². The smallest absolute Gasteiger partial charge is 0.123 e. The van der Waals surface area contributed by atoms with E-state index in [2.05, 4.69) is 5.43 Å². The Labute approximate surface area is 119 Å². The number of nitrogens with one attached hydrogen (secondary N) is 1. The summed E-state index contributed by atoms with van der Waals surface area (Å²) in [5, 5.41) is 0. The normalized spacial score (nSPS) is 26.8. The molecule has 110 valence electrons. The molecule has 1 saturated heterocycles. The van der Waals surface area contributed by atoms with Crippen LogP contribution in [-0.4, -0.2) is 12.2 Å². The highest BCUT2D eigenvalue weighted by Gasteiger charge is 2.42. The zero-order valence-corrected chi connectivity index (χ0v) is 11.8. The van der Waals surface area contributed by atoms with Crippen molar-refractivity contribution >= 4 is 0 Å². The number of hydrazine groups is 1. The third-order valence-electron chi connectivity index (χ3n) is 4.93. The Bertz CT molecular complexity index is 442. The van der Waals surface area contributed by atoms with E-state index < -0.39 is 0 Å². The van der Waals surface area contributed by atoms with E-state index in [0.29, 0.717) is 5.92 Å². The summed E-state index contributed by atoms with van der Waals surface area (Å²) in [5.41, 5.74) is 4.08. The van der Waals surface area contributed by atoms with Crippen LogP contribution in [0.15, 0.2) is 24.3 Å². The highest BCUT2D eigenvalue weighted by atomic mass is 19.1. The van der Waals surface area contributed by atoms with Gasteiger partial charge < -0.3 is 4.74 Å². The number of benzene rings is 1. The second-order valence-corrected chi connectivity index (χ2v) is 6.19. The van der Waals surface area contributed by atoms with Crippen LogP contribution < -0.4 is 11.3 Å². The first-order chi connectivity index (χ1) is 9.72. The largest absolute Gasteiger partial charge is 0.375 e. The van der Waals surface area contributed by atoms with E-state index in [1.165, 1.54) is 37.8 Å². The summed E-state index contributed by atoms with van der Waals surface area (Å²) in [7, 11) is 0. The number of hydrogen-bond acceptors (Lipinski definition) is 3. The van der Waals surface area contributed by atoms with Crippen molar-refractivity contribution in [1.82, 2.24) is 5.43 Å². The average Bonchev–Trinajstić information content (AvgIpc) is 2.90. The lowest BCUT2D eigenvalue weighted by Gasteiger charge is -2.41. The maximum atomic E-state index is 13.1. The van der Waals surface area contributed by atoms with Gasteiger partial charge in [-0.15, -0.1) is 0 Å². The molecule has 2 unspecified atom stereocenters. The van der Waals surface area contributed by atoms with Gasteiger partial charge in [0.2, 0.25) is 0 Å². The number of halogens is 1. The van der Waals surface area contributed by atoms with Crippen molar-refractivity contribution in [2.45, 2.75) is 50.2 Å². The summed E-state index contributed by atoms with van der Waals surface area (Å²) in [6, 6.07) is 6.75. The molecule has 2 fully saturated rings. The molecule has 2 atom stereocenters. The quantitative estimate of drug-likeness (QED) is 0.660. The molecule has 2 aliphatic rings. The first-order valence-corrected chi connectivity index (χ1v) is 7.58. The SMILES string of the molecule is NNC(c1ccc(F)cc1)C1CCOC2(CCCC2)C1. The number of rotatable bonds is 3. The minimum Gasteiger partial charge on any atom is -0.375 e. The Morgan fingerprint density at radius 1 is 1.25 bits per heavy atom. The highest BCUT2D eigenvalue weighted by Crippen LogP contribution is 2.45. The van der Waals surface area contributed by atoms with Crippen molar-refractivity contribution in [3.8, 4) is 0 Å². The van der Waals surface area contributed by atoms with Gasteiger partial charge in [0.15, 0.2) is 0 Å². The molecular weight excluding hydrogens is 255 g/mol. The molecule has 20 heavy (non-hydrogen) atoms. The van der Waals surface area contributed by atoms with Crippen LogP contribution in [0.1, 0.15) is 50.1 Å². The van der Waals surface area contributed by atoms with E-state index >= 15 is 0 Å². The van der Waals surface area contributed by atoms with Crippen LogP contribution in [-0.2, 0) is 4.74 Å². The molecule has 1 aromatic carbocycles. The molecule has 0 amide bonds. The fourth-order valence-electron chi connectivity index (χ4n) is 3.89. The Morgan fingerprint density at radius 3 is 2.60 bits per heavy atom. The van der Waals surface area contributed by atoms with Crippen LogP contribution >= 0.6 is 0 Å². The van der Waals surface area contributed by atoms with Gasteiger partial charge in [-0.25, -0.2) is 4.39 Å². The predicted octanol–water partition coefficient (Wildman–Crippen LogP) is 3.07. The molecule has 1 spiro atoms. The summed E-state index contributed by atoms with van der Waals surface area (Å²) in [5.74, 6) is 6.03. The highest BCUT2D eigenvalue weighted by molar-refractivity contribution is 5.21. The van der Waals surface area contributed by atoms with Gasteiger partial charge in [-0.1, -0.05) is 25.0 Å². The third kappa shape index (κ3) is 2.73. The van der Waals surface area contributed by atoms with E-state index in [1.807, 2.05) is 12.1 Å². The molecule has 1 aliphatic carbocycles. The lowest BCUT2D eigenvalue weighted by Crippen LogP contribution is -2.43. The van der Waals surface area contributed by atoms with Crippen molar-refractivity contribution in [1.29, 1.82) is 0 Å². The van der Waals surface area contributed by atoms with Crippen LogP contribution in [0.2, 0.25) is 0 Å². The molecule has 1 saturated carbocycles. The summed E-state index contributed by atoms with van der Waals surface area (Å²) in [6.07, 6.45) is 6.94. The summed E-state index contributed by atoms with van der Waals surface area (Å²) < 4.78 is 19.1. The molecule has 3 nitrogen and oxygen atoms in total. The Hall–Kier alpha value is -0.970.